The number of hydrogen-bond acceptors (Lipinski definition) is 6. The van der Waals surface area contributed by atoms with E-state index in [1.54, 1.807) is 19.1 Å². The highest BCUT2D eigenvalue weighted by molar-refractivity contribution is 6.26. The number of methoxy groups -OCH3 is 1. The Morgan fingerprint density at radius 3 is 2.61 bits per heavy atom. The Labute approximate surface area is 200 Å². The Morgan fingerprint density at radius 1 is 1.27 bits per heavy atom. The zero-order chi connectivity index (χ0) is 24.4. The molecule has 0 aliphatic heterocycles. The zero-order valence-electron chi connectivity index (χ0n) is 20.2. The van der Waals surface area contributed by atoms with Crippen molar-refractivity contribution in [1.29, 1.82) is 0 Å². The van der Waals surface area contributed by atoms with E-state index in [1.165, 1.54) is 7.11 Å². The molecule has 0 amide bonds. The van der Waals surface area contributed by atoms with E-state index in [0.29, 0.717) is 0 Å². The molecule has 1 N–H and O–H groups in total. The first kappa shape index (κ1) is 24.6. The summed E-state index contributed by atoms with van der Waals surface area (Å²) in [6, 6.07) is 0. The van der Waals surface area contributed by atoms with Gasteiger partial charge in [-0.25, -0.2) is 0 Å². The predicted octanol–water partition coefficient (Wildman–Crippen LogP) is 3.78. The molecule has 0 aromatic rings. The quantitative estimate of drug-likeness (QED) is 0.477. The van der Waals surface area contributed by atoms with E-state index in [1.807, 2.05) is 26.8 Å². The van der Waals surface area contributed by atoms with Gasteiger partial charge in [0, 0.05) is 24.4 Å². The second-order valence-electron chi connectivity index (χ2n) is 10.8. The number of ether oxygens (including phenoxy) is 2. The molecule has 4 rings (SSSR count). The molecule has 0 aromatic heterocycles. The van der Waals surface area contributed by atoms with Crippen molar-refractivity contribution in [1.82, 2.24) is 0 Å². The Hall–Kier alpha value is -1.50. The van der Waals surface area contributed by atoms with Gasteiger partial charge in [0.05, 0.1) is 11.0 Å². The van der Waals surface area contributed by atoms with Gasteiger partial charge in [-0.1, -0.05) is 39.3 Å². The van der Waals surface area contributed by atoms with Gasteiger partial charge in [-0.15, -0.1) is 11.6 Å². The molecule has 182 valence electrons. The number of halogens is 1. The van der Waals surface area contributed by atoms with Crippen molar-refractivity contribution in [3.63, 3.8) is 0 Å². The molecule has 33 heavy (non-hydrogen) atoms. The van der Waals surface area contributed by atoms with E-state index in [2.05, 4.69) is 0 Å². The first-order chi connectivity index (χ1) is 15.4. The summed E-state index contributed by atoms with van der Waals surface area (Å²) in [7, 11) is 1.54. The first-order valence-corrected chi connectivity index (χ1v) is 12.4. The van der Waals surface area contributed by atoms with Crippen LogP contribution in [0, 0.1) is 28.6 Å². The number of Topliss-reactive ketones (excluding diaryl/α,β-unsaturated/α-hetero) is 1. The molecule has 6 nitrogen and oxygen atoms in total. The van der Waals surface area contributed by atoms with Crippen LogP contribution in [0.2, 0.25) is 0 Å². The van der Waals surface area contributed by atoms with Crippen LogP contribution in [0.3, 0.4) is 0 Å². The summed E-state index contributed by atoms with van der Waals surface area (Å²) < 4.78 is 11.3. The van der Waals surface area contributed by atoms with Crippen LogP contribution in [0.15, 0.2) is 23.8 Å². The minimum absolute atomic E-state index is 0.0311. The summed E-state index contributed by atoms with van der Waals surface area (Å²) in [5.74, 6) is -0.906. The largest absolute Gasteiger partial charge is 0.458 e. The van der Waals surface area contributed by atoms with Crippen LogP contribution in [0.25, 0.3) is 0 Å². The Morgan fingerprint density at radius 2 is 1.97 bits per heavy atom. The van der Waals surface area contributed by atoms with Crippen LogP contribution in [-0.2, 0) is 23.9 Å². The molecular weight excluding hydrogens is 444 g/mol. The van der Waals surface area contributed by atoms with Gasteiger partial charge >= 0.3 is 5.97 Å². The van der Waals surface area contributed by atoms with Crippen molar-refractivity contribution in [3.8, 4) is 0 Å². The van der Waals surface area contributed by atoms with Crippen molar-refractivity contribution in [2.45, 2.75) is 76.4 Å². The minimum Gasteiger partial charge on any atom is -0.458 e. The number of carbonyl (C=O) groups is 3. The van der Waals surface area contributed by atoms with Crippen LogP contribution in [-0.4, -0.2) is 52.9 Å². The molecule has 8 atom stereocenters. The molecule has 0 radical (unpaired) electrons. The van der Waals surface area contributed by atoms with Gasteiger partial charge in [0.25, 0.3) is 0 Å². The fourth-order valence-corrected chi connectivity index (χ4v) is 8.55. The third-order valence-electron chi connectivity index (χ3n) is 9.57. The highest BCUT2D eigenvalue weighted by Gasteiger charge is 2.75. The van der Waals surface area contributed by atoms with E-state index in [9.17, 15) is 19.5 Å². The zero-order valence-corrected chi connectivity index (χ0v) is 20.9. The van der Waals surface area contributed by atoms with E-state index < -0.39 is 33.4 Å². The molecule has 3 fully saturated rings. The van der Waals surface area contributed by atoms with E-state index >= 15 is 0 Å². The second-order valence-corrected chi connectivity index (χ2v) is 11.4. The fourth-order valence-electron chi connectivity index (χ4n) is 8.03. The molecule has 7 heteroatoms. The number of hydrogen-bond donors (Lipinski definition) is 1. The van der Waals surface area contributed by atoms with E-state index in [0.717, 1.165) is 24.8 Å². The highest BCUT2D eigenvalue weighted by Crippen LogP contribution is 2.71. The molecule has 0 unspecified atom stereocenters. The monoisotopic (exact) mass is 478 g/mol. The summed E-state index contributed by atoms with van der Waals surface area (Å²) in [5, 5.41) is 11.7. The lowest BCUT2D eigenvalue weighted by Gasteiger charge is -2.64. The van der Waals surface area contributed by atoms with E-state index in [-0.39, 0.29) is 48.8 Å². The fraction of sp³-hybridized carbons (Fsp3) is 0.731. The van der Waals surface area contributed by atoms with Crippen molar-refractivity contribution >= 4 is 29.1 Å². The maximum Gasteiger partial charge on any atom is 0.305 e. The molecule has 0 saturated heterocycles. The molecule has 0 aromatic carbocycles. The maximum atomic E-state index is 13.6. The van der Waals surface area contributed by atoms with Gasteiger partial charge < -0.3 is 14.6 Å². The molecule has 0 heterocycles. The normalized spacial score (nSPS) is 46.2. The summed E-state index contributed by atoms with van der Waals surface area (Å²) in [5.41, 5.74) is -1.53. The summed E-state index contributed by atoms with van der Waals surface area (Å²) >= 11 is 7.46. The van der Waals surface area contributed by atoms with Gasteiger partial charge in [0.1, 0.15) is 5.60 Å². The minimum atomic E-state index is -1.18. The van der Waals surface area contributed by atoms with Crippen LogP contribution in [0.4, 0.5) is 0 Å². The number of carbonyl (C=O) groups excluding carboxylic acids is 3. The van der Waals surface area contributed by atoms with Crippen LogP contribution in [0.5, 0.6) is 0 Å². The third kappa shape index (κ3) is 3.02. The predicted molar refractivity (Wildman–Crippen MR) is 124 cm³/mol. The van der Waals surface area contributed by atoms with Gasteiger partial charge in [0.2, 0.25) is 5.78 Å². The van der Waals surface area contributed by atoms with Crippen LogP contribution in [0.1, 0.15) is 59.8 Å². The number of aliphatic hydroxyl groups is 1. The Bertz CT molecular complexity index is 941. The van der Waals surface area contributed by atoms with Gasteiger partial charge in [-0.2, -0.15) is 0 Å². The lowest BCUT2D eigenvalue weighted by Crippen LogP contribution is -2.69. The van der Waals surface area contributed by atoms with Gasteiger partial charge in [-0.3, -0.25) is 14.4 Å². The average Bonchev–Trinajstić information content (AvgIpc) is 3.00. The topological polar surface area (TPSA) is 89.9 Å². The average molecular weight is 479 g/mol. The molecule has 0 spiro atoms. The summed E-state index contributed by atoms with van der Waals surface area (Å²) in [6.45, 7) is 7.40. The number of esters is 1. The molecule has 0 bridgehead atoms. The van der Waals surface area contributed by atoms with Crippen LogP contribution >= 0.6 is 11.6 Å². The van der Waals surface area contributed by atoms with Crippen molar-refractivity contribution in [3.05, 3.63) is 23.8 Å². The summed E-state index contributed by atoms with van der Waals surface area (Å²) in [6.07, 6.45) is 6.84. The number of rotatable bonds is 5. The Kier molecular flexibility index (Phi) is 5.99. The van der Waals surface area contributed by atoms with Gasteiger partial charge in [0.15, 0.2) is 12.4 Å². The number of ketones is 2. The Balaban J connectivity index is 1.76. The number of allylic oxidation sites excluding steroid dienone is 4. The third-order valence-corrected chi connectivity index (χ3v) is 10.5. The summed E-state index contributed by atoms with van der Waals surface area (Å²) in [4.78, 5) is 36.4. The number of fused-ring (bicyclic) bond motifs is 5. The SMILES string of the molecule is CCC(=O)OCC(=O)[C@@]1(OC)[C@@H](C)C[C@H]2[C@@H]3CCC4=CC(=O)C=C[C@]4(C)[C@@]3(Cl)[C@@H](O)C[C@@]21C. The highest BCUT2D eigenvalue weighted by atomic mass is 35.5. The first-order valence-electron chi connectivity index (χ1n) is 12.0. The standard InChI is InChI=1S/C26H35ClO6/c1-6-22(31)33-14-21(30)26(32-5)15(2)11-19-18-8-7-16-12-17(28)9-10-23(16,3)25(18,27)20(29)13-24(19,26)4/h9-10,12,15,18-20,29H,6-8,11,13-14H2,1-5H3/t15-,18-,19-,20-,23-,24-,25-,26-/m0/s1. The molecular formula is C26H35ClO6. The molecule has 4 aliphatic carbocycles. The number of alkyl halides is 1. The maximum absolute atomic E-state index is 13.6. The lowest BCUT2D eigenvalue weighted by atomic mass is 9.45. The molecule has 4 aliphatic rings. The van der Waals surface area contributed by atoms with Crippen molar-refractivity contribution < 1.29 is 29.0 Å². The lowest BCUT2D eigenvalue weighted by molar-refractivity contribution is -0.190. The molecule has 3 saturated carbocycles. The van der Waals surface area contributed by atoms with Crippen molar-refractivity contribution in [2.75, 3.05) is 13.7 Å². The second kappa shape index (κ2) is 8.03. The smallest absolute Gasteiger partial charge is 0.305 e. The number of aliphatic hydroxyl groups excluding tert-OH is 1. The van der Waals surface area contributed by atoms with E-state index in [4.69, 9.17) is 21.1 Å². The van der Waals surface area contributed by atoms with Gasteiger partial charge in [-0.05, 0) is 55.6 Å². The van der Waals surface area contributed by atoms with Crippen LogP contribution < -0.4 is 0 Å². The van der Waals surface area contributed by atoms with Crippen molar-refractivity contribution in [2.24, 2.45) is 28.6 Å².